The zero-order chi connectivity index (χ0) is 20.9. The quantitative estimate of drug-likeness (QED) is 0.492. The van der Waals surface area contributed by atoms with Gasteiger partial charge in [-0.25, -0.2) is 9.37 Å². The molecule has 3 aromatic rings. The number of halogens is 2. The van der Waals surface area contributed by atoms with Crippen molar-refractivity contribution in [1.82, 2.24) is 15.2 Å². The number of ether oxygens (including phenoxy) is 1. The fourth-order valence-corrected chi connectivity index (χ4v) is 5.06. The highest BCUT2D eigenvalue weighted by Gasteiger charge is 2.21. The molecule has 160 valence electrons. The number of rotatable bonds is 8. The topological polar surface area (TPSA) is 57.6 Å². The molecule has 0 spiro atoms. The molecule has 0 saturated carbocycles. The second-order valence-electron chi connectivity index (χ2n) is 7.57. The highest BCUT2D eigenvalue weighted by atomic mass is 79.9. The third-order valence-corrected chi connectivity index (χ3v) is 6.92. The van der Waals surface area contributed by atoms with Crippen LogP contribution in [0.2, 0.25) is 0 Å². The first-order chi connectivity index (χ1) is 14.6. The molecule has 4 rings (SSSR count). The SMILES string of the molecule is OC(COc1ccc(F)cc1Br)CN1CCC(NCc2nc3ccccc3s2)CC1. The van der Waals surface area contributed by atoms with Gasteiger partial charge in [-0.3, -0.25) is 0 Å². The Kier molecular flexibility index (Phi) is 7.32. The van der Waals surface area contributed by atoms with Gasteiger partial charge < -0.3 is 20.1 Å². The summed E-state index contributed by atoms with van der Waals surface area (Å²) in [5, 5.41) is 15.1. The van der Waals surface area contributed by atoms with Crippen LogP contribution in [-0.2, 0) is 6.54 Å². The average Bonchev–Trinajstić information content (AvgIpc) is 3.16. The van der Waals surface area contributed by atoms with Gasteiger partial charge in [0.25, 0.3) is 0 Å². The van der Waals surface area contributed by atoms with E-state index in [0.29, 0.717) is 22.8 Å². The number of β-amino-alcohol motifs (C(OH)–C–C–N with tert-alkyl or cyclic N) is 1. The Morgan fingerprint density at radius 2 is 2.07 bits per heavy atom. The lowest BCUT2D eigenvalue weighted by atomic mass is 10.0. The molecular formula is C22H25BrFN3O2S. The number of aromatic nitrogens is 1. The summed E-state index contributed by atoms with van der Waals surface area (Å²) in [4.78, 5) is 6.95. The Balaban J connectivity index is 1.17. The minimum atomic E-state index is -0.589. The second-order valence-corrected chi connectivity index (χ2v) is 9.54. The van der Waals surface area contributed by atoms with E-state index < -0.39 is 6.10 Å². The Hall–Kier alpha value is -1.58. The minimum absolute atomic E-state index is 0.181. The number of benzene rings is 2. The van der Waals surface area contributed by atoms with E-state index in [4.69, 9.17) is 4.74 Å². The molecule has 1 atom stereocenters. The molecule has 1 aliphatic heterocycles. The van der Waals surface area contributed by atoms with Gasteiger partial charge in [0.1, 0.15) is 29.3 Å². The van der Waals surface area contributed by atoms with Gasteiger partial charge in [0, 0.05) is 19.1 Å². The highest BCUT2D eigenvalue weighted by Crippen LogP contribution is 2.26. The van der Waals surface area contributed by atoms with Gasteiger partial charge in [-0.2, -0.15) is 0 Å². The fraction of sp³-hybridized carbons (Fsp3) is 0.409. The van der Waals surface area contributed by atoms with Crippen molar-refractivity contribution in [3.8, 4) is 5.75 Å². The lowest BCUT2D eigenvalue weighted by Crippen LogP contribution is -2.45. The number of thiazole rings is 1. The summed E-state index contributed by atoms with van der Waals surface area (Å²) < 4.78 is 20.5. The number of nitrogens with zero attached hydrogens (tertiary/aromatic N) is 2. The van der Waals surface area contributed by atoms with Crippen LogP contribution in [-0.4, -0.2) is 53.4 Å². The van der Waals surface area contributed by atoms with Crippen LogP contribution in [0.25, 0.3) is 10.2 Å². The van der Waals surface area contributed by atoms with Gasteiger partial charge in [-0.15, -0.1) is 11.3 Å². The van der Waals surface area contributed by atoms with Crippen LogP contribution in [0.3, 0.4) is 0 Å². The van der Waals surface area contributed by atoms with E-state index in [1.807, 2.05) is 12.1 Å². The normalized spacial score (nSPS) is 16.8. The van der Waals surface area contributed by atoms with Crippen LogP contribution in [0.1, 0.15) is 17.8 Å². The zero-order valence-electron chi connectivity index (χ0n) is 16.6. The first-order valence-corrected chi connectivity index (χ1v) is 11.7. The monoisotopic (exact) mass is 493 g/mol. The van der Waals surface area contributed by atoms with Crippen LogP contribution in [0.15, 0.2) is 46.9 Å². The molecule has 2 aromatic carbocycles. The Labute approximate surface area is 188 Å². The van der Waals surface area contributed by atoms with Gasteiger partial charge >= 0.3 is 0 Å². The van der Waals surface area contributed by atoms with Crippen molar-refractivity contribution >= 4 is 37.5 Å². The summed E-state index contributed by atoms with van der Waals surface area (Å²) in [7, 11) is 0. The lowest BCUT2D eigenvalue weighted by molar-refractivity contribution is 0.0575. The van der Waals surface area contributed by atoms with Crippen molar-refractivity contribution in [2.45, 2.75) is 31.5 Å². The molecule has 1 aromatic heterocycles. The number of aliphatic hydroxyl groups excluding tert-OH is 1. The van der Waals surface area contributed by atoms with E-state index in [2.05, 4.69) is 43.3 Å². The smallest absolute Gasteiger partial charge is 0.133 e. The molecule has 1 unspecified atom stereocenters. The van der Waals surface area contributed by atoms with Crippen LogP contribution in [0, 0.1) is 5.82 Å². The molecule has 1 saturated heterocycles. The maximum atomic E-state index is 13.1. The molecule has 1 aliphatic rings. The second kappa shape index (κ2) is 10.2. The molecule has 2 N–H and O–H groups in total. The standard InChI is InChI=1S/C22H25BrFN3O2S/c23-18-11-15(24)5-6-20(18)29-14-17(28)13-27-9-7-16(8-10-27)25-12-22-26-19-3-1-2-4-21(19)30-22/h1-6,11,16-17,25,28H,7-10,12-14H2. The molecule has 5 nitrogen and oxygen atoms in total. The summed E-state index contributed by atoms with van der Waals surface area (Å²) in [6.07, 6.45) is 1.50. The van der Waals surface area contributed by atoms with E-state index in [-0.39, 0.29) is 12.4 Å². The van der Waals surface area contributed by atoms with Crippen LogP contribution >= 0.6 is 27.3 Å². The van der Waals surface area contributed by atoms with E-state index >= 15 is 0 Å². The van der Waals surface area contributed by atoms with E-state index in [0.717, 1.165) is 43.0 Å². The Morgan fingerprint density at radius 1 is 1.27 bits per heavy atom. The molecule has 2 heterocycles. The zero-order valence-corrected chi connectivity index (χ0v) is 19.0. The number of nitrogens with one attached hydrogen (secondary N) is 1. The summed E-state index contributed by atoms with van der Waals surface area (Å²) in [5.41, 5.74) is 1.07. The number of fused-ring (bicyclic) bond motifs is 1. The number of aliphatic hydroxyl groups is 1. The molecule has 0 amide bonds. The first kappa shape index (κ1) is 21.6. The molecule has 1 fully saturated rings. The van der Waals surface area contributed by atoms with Crippen molar-refractivity contribution in [2.75, 3.05) is 26.2 Å². The van der Waals surface area contributed by atoms with E-state index in [1.165, 1.54) is 16.8 Å². The summed E-state index contributed by atoms with van der Waals surface area (Å²) in [6, 6.07) is 13.0. The Bertz CT molecular complexity index is 945. The van der Waals surface area contributed by atoms with Crippen molar-refractivity contribution < 1.29 is 14.2 Å². The van der Waals surface area contributed by atoms with Crippen molar-refractivity contribution in [1.29, 1.82) is 0 Å². The minimum Gasteiger partial charge on any atom is -0.490 e. The van der Waals surface area contributed by atoms with Crippen molar-refractivity contribution in [3.63, 3.8) is 0 Å². The van der Waals surface area contributed by atoms with Crippen LogP contribution in [0.4, 0.5) is 4.39 Å². The summed E-state index contributed by atoms with van der Waals surface area (Å²) in [5.74, 6) is 0.211. The number of hydrogen-bond donors (Lipinski definition) is 2. The fourth-order valence-electron chi connectivity index (χ4n) is 3.68. The van der Waals surface area contributed by atoms with Crippen LogP contribution in [0.5, 0.6) is 5.75 Å². The van der Waals surface area contributed by atoms with E-state index in [1.54, 1.807) is 17.4 Å². The van der Waals surface area contributed by atoms with Gasteiger partial charge in [0.2, 0.25) is 0 Å². The predicted octanol–water partition coefficient (Wildman–Crippen LogP) is 4.19. The number of para-hydroxylation sites is 1. The number of likely N-dealkylation sites (tertiary alicyclic amines) is 1. The lowest BCUT2D eigenvalue weighted by Gasteiger charge is -2.33. The Morgan fingerprint density at radius 3 is 2.83 bits per heavy atom. The third kappa shape index (κ3) is 5.76. The highest BCUT2D eigenvalue weighted by molar-refractivity contribution is 9.10. The van der Waals surface area contributed by atoms with Crippen molar-refractivity contribution in [2.24, 2.45) is 0 Å². The molecule has 0 bridgehead atoms. The van der Waals surface area contributed by atoms with Gasteiger partial charge in [-0.05, 0) is 72.2 Å². The predicted molar refractivity (Wildman–Crippen MR) is 122 cm³/mol. The summed E-state index contributed by atoms with van der Waals surface area (Å²) in [6.45, 7) is 3.43. The van der Waals surface area contributed by atoms with Crippen LogP contribution < -0.4 is 10.1 Å². The molecular weight excluding hydrogens is 469 g/mol. The third-order valence-electron chi connectivity index (χ3n) is 5.26. The molecule has 30 heavy (non-hydrogen) atoms. The van der Waals surface area contributed by atoms with Gasteiger partial charge in [-0.1, -0.05) is 12.1 Å². The largest absolute Gasteiger partial charge is 0.490 e. The number of piperidine rings is 1. The van der Waals surface area contributed by atoms with Crippen molar-refractivity contribution in [3.05, 3.63) is 57.8 Å². The van der Waals surface area contributed by atoms with E-state index in [9.17, 15) is 9.50 Å². The average molecular weight is 494 g/mol. The first-order valence-electron chi connectivity index (χ1n) is 10.1. The number of hydrogen-bond acceptors (Lipinski definition) is 6. The maximum Gasteiger partial charge on any atom is 0.133 e. The maximum absolute atomic E-state index is 13.1. The summed E-state index contributed by atoms with van der Waals surface area (Å²) >= 11 is 5.02. The molecule has 0 aliphatic carbocycles. The van der Waals surface area contributed by atoms with Gasteiger partial charge in [0.05, 0.1) is 14.7 Å². The van der Waals surface area contributed by atoms with Gasteiger partial charge in [0.15, 0.2) is 0 Å². The molecule has 0 radical (unpaired) electrons. The molecule has 8 heteroatoms.